The van der Waals surface area contributed by atoms with Gasteiger partial charge in [-0.2, -0.15) is 0 Å². The molecule has 19 N–H and O–H groups in total. The van der Waals surface area contributed by atoms with Crippen LogP contribution in [-0.4, -0.2) is 268 Å². The summed E-state index contributed by atoms with van der Waals surface area (Å²) in [5, 5.41) is 35.4. The number of amides is 13. The molecule has 1 aliphatic rings. The second-order valence-electron chi connectivity index (χ2n) is 27.2. The summed E-state index contributed by atoms with van der Waals surface area (Å²) in [5.41, 5.74) is 23.0. The minimum Gasteiger partial charge on any atom is -0.508 e. The molecule has 1 heterocycles. The number of hydrogen-bond acceptors (Lipinski definition) is 25. The highest BCUT2D eigenvalue weighted by Crippen LogP contribution is 2.24. The van der Waals surface area contributed by atoms with Crippen molar-refractivity contribution in [1.29, 1.82) is 0 Å². The van der Waals surface area contributed by atoms with Crippen LogP contribution in [0.25, 0.3) is 0 Å². The van der Waals surface area contributed by atoms with E-state index >= 15 is 0 Å². The van der Waals surface area contributed by atoms with Gasteiger partial charge in [0.1, 0.15) is 42.0 Å². The molecular weight excluding hydrogens is 1510 g/mol. The number of nitrogens with two attached hydrogens (primary N) is 4. The molecule has 1 aliphatic heterocycles. The molecule has 13 amide bonds. The smallest absolute Gasteiger partial charge is 0.243 e. The van der Waals surface area contributed by atoms with E-state index in [1.165, 1.54) is 94.9 Å². The Morgan fingerprint density at radius 2 is 0.947 bits per heavy atom. The average molecular weight is 1640 g/mol. The fourth-order valence-electron chi connectivity index (χ4n) is 10.9. The van der Waals surface area contributed by atoms with E-state index in [0.29, 0.717) is 117 Å². The lowest BCUT2D eigenvalue weighted by molar-refractivity contribution is -0.136. The van der Waals surface area contributed by atoms with Gasteiger partial charge in [0.15, 0.2) is 0 Å². The molecule has 1 fully saturated rings. The summed E-state index contributed by atoms with van der Waals surface area (Å²) in [7, 11) is 1.91. The number of phenols is 1. The first kappa shape index (κ1) is 102. The molecule has 0 spiro atoms. The number of primary amides is 3. The standard InChI is InChI=1S/C75H130N14O22S2/c1-4-6-7-8-9-10-11-12-13-14-15-16-17-21-65(94)81-30-32-105-34-36-107-38-40-109-42-44-111-46-45-110-43-41-108-39-37-106-35-33-104-31-28-66(95)80-29-19-18-20-57(70(98)82-49-64(79)93)84-67(96)50-83-71(99)61-52-113-112-51-56(76)69(97)86-59(47-54-22-24-55(90)25-23-54)74(102)89-68(53(3)5-2)75(103)85-58(26-27-62(77)91)72(100)87-60(48-63(78)92)73(101)88-61/h22-25,53,56-61,68,90H,4-21,26-52,76H2,1-3H3,(H2,77,91)(H2,78,92)(H2,79,93)(H,80,95)(H,81,94)(H,82,98)(H,83,99)(H,84,96)(H,85,103)(H,86,97)(H,87,100)(H,88,101)(H,89,102)/t53-,56-,57-,58?,59?,60-,61?,68-/m0/s1. The van der Waals surface area contributed by atoms with Crippen molar-refractivity contribution in [2.24, 2.45) is 28.9 Å². The summed E-state index contributed by atoms with van der Waals surface area (Å²) in [5.74, 6) is -11.7. The Kier molecular flexibility index (Phi) is 59.0. The van der Waals surface area contributed by atoms with Crippen molar-refractivity contribution in [3.8, 4) is 5.75 Å². The van der Waals surface area contributed by atoms with Gasteiger partial charge in [0, 0.05) is 50.3 Å². The lowest BCUT2D eigenvalue weighted by Gasteiger charge is -2.29. The third-order valence-electron chi connectivity index (χ3n) is 17.6. The third-order valence-corrected chi connectivity index (χ3v) is 20.0. The highest BCUT2D eigenvalue weighted by atomic mass is 33.1. The Morgan fingerprint density at radius 3 is 1.48 bits per heavy atom. The van der Waals surface area contributed by atoms with Gasteiger partial charge in [0.25, 0.3) is 0 Å². The molecular formula is C75H130N14O22S2. The molecule has 8 atom stereocenters. The molecule has 36 nitrogen and oxygen atoms in total. The van der Waals surface area contributed by atoms with Gasteiger partial charge in [-0.3, -0.25) is 62.3 Å². The summed E-state index contributed by atoms with van der Waals surface area (Å²) in [6.07, 6.45) is 16.3. The lowest BCUT2D eigenvalue weighted by atomic mass is 9.96. The number of unbranched alkanes of at least 4 members (excludes halogenated alkanes) is 13. The predicted octanol–water partition coefficient (Wildman–Crippen LogP) is -0.123. The lowest BCUT2D eigenvalue weighted by Crippen LogP contribution is -2.61. The number of carbonyl (C=O) groups excluding carboxylic acids is 13. The van der Waals surface area contributed by atoms with Crippen LogP contribution in [0.1, 0.15) is 168 Å². The Labute approximate surface area is 672 Å². The van der Waals surface area contributed by atoms with E-state index in [4.69, 9.17) is 60.8 Å². The van der Waals surface area contributed by atoms with Gasteiger partial charge < -0.3 is 119 Å². The second kappa shape index (κ2) is 65.7. The van der Waals surface area contributed by atoms with Crippen LogP contribution in [0.15, 0.2) is 24.3 Å². The monoisotopic (exact) mass is 1640 g/mol. The average Bonchev–Trinajstić information content (AvgIpc) is 0.828. The van der Waals surface area contributed by atoms with Gasteiger partial charge in [0.2, 0.25) is 76.8 Å². The van der Waals surface area contributed by atoms with Gasteiger partial charge in [-0.15, -0.1) is 0 Å². The highest BCUT2D eigenvalue weighted by molar-refractivity contribution is 8.76. The SMILES string of the molecule is CCCCCCCCCCCCCCCC(=O)NCCOCCOCCOCCOCCOCCOCCOCCOCCC(=O)NCCCC[C@H](NC(=O)CNC(=O)C1CSSC[C@H](N)C(=O)NC(Cc2ccc(O)cc2)C(=O)N[C@@H]([C@@H](C)CC)C(=O)NC(CCC(N)=O)C(=O)N[C@@H](CC(N)=O)C(=O)N1)C(=O)NCC(N)=O. The van der Waals surface area contributed by atoms with Crippen molar-refractivity contribution in [1.82, 2.24) is 53.2 Å². The summed E-state index contributed by atoms with van der Waals surface area (Å²) in [4.78, 5) is 171. The van der Waals surface area contributed by atoms with Crippen molar-refractivity contribution >= 4 is 98.4 Å². The van der Waals surface area contributed by atoms with E-state index in [1.807, 2.05) is 0 Å². The van der Waals surface area contributed by atoms with Crippen molar-refractivity contribution in [2.45, 2.75) is 211 Å². The van der Waals surface area contributed by atoms with Crippen LogP contribution < -0.4 is 76.1 Å². The molecule has 0 aliphatic carbocycles. The fourth-order valence-corrected chi connectivity index (χ4v) is 13.2. The van der Waals surface area contributed by atoms with Gasteiger partial charge in [0.05, 0.1) is 131 Å². The molecule has 1 saturated heterocycles. The second-order valence-corrected chi connectivity index (χ2v) is 29.7. The van der Waals surface area contributed by atoms with Crippen LogP contribution in [0, 0.1) is 5.92 Å². The van der Waals surface area contributed by atoms with E-state index in [-0.39, 0.29) is 81.1 Å². The minimum atomic E-state index is -1.81. The summed E-state index contributed by atoms with van der Waals surface area (Å²) >= 11 is 0. The zero-order chi connectivity index (χ0) is 83.1. The fraction of sp³-hybridized carbons (Fsp3) is 0.747. The van der Waals surface area contributed by atoms with Crippen LogP contribution in [0.5, 0.6) is 5.75 Å². The van der Waals surface area contributed by atoms with Gasteiger partial charge in [-0.05, 0) is 55.7 Å². The van der Waals surface area contributed by atoms with E-state index in [0.717, 1.165) is 34.4 Å². The number of benzene rings is 1. The van der Waals surface area contributed by atoms with Crippen LogP contribution >= 0.6 is 21.6 Å². The number of carbonyl (C=O) groups is 13. The Morgan fingerprint density at radius 1 is 0.469 bits per heavy atom. The number of phenolic OH excluding ortho intramolecular Hbond substituents is 1. The van der Waals surface area contributed by atoms with Gasteiger partial charge >= 0.3 is 0 Å². The molecule has 3 unspecified atom stereocenters. The van der Waals surface area contributed by atoms with Crippen molar-refractivity contribution in [3.05, 3.63) is 29.8 Å². The maximum Gasteiger partial charge on any atom is 0.243 e. The number of aromatic hydroxyl groups is 1. The van der Waals surface area contributed by atoms with Crippen molar-refractivity contribution in [2.75, 3.05) is 143 Å². The number of rotatable bonds is 62. The molecule has 113 heavy (non-hydrogen) atoms. The zero-order valence-corrected chi connectivity index (χ0v) is 68.0. The highest BCUT2D eigenvalue weighted by Gasteiger charge is 2.36. The first-order chi connectivity index (χ1) is 54.4. The van der Waals surface area contributed by atoms with Crippen LogP contribution in [0.3, 0.4) is 0 Å². The number of hydrogen-bond donors (Lipinski definition) is 15. The largest absolute Gasteiger partial charge is 0.508 e. The number of nitrogens with one attached hydrogen (secondary N) is 10. The molecule has 2 rings (SSSR count). The molecule has 0 saturated carbocycles. The van der Waals surface area contributed by atoms with E-state index in [2.05, 4.69) is 60.1 Å². The normalized spacial score (nSPS) is 17.9. The summed E-state index contributed by atoms with van der Waals surface area (Å²) in [6.45, 7) is 10.8. The van der Waals surface area contributed by atoms with E-state index in [1.54, 1.807) is 13.8 Å². The quantitative estimate of drug-likeness (QED) is 0.0298. The van der Waals surface area contributed by atoms with Crippen molar-refractivity contribution < 1.29 is 105 Å². The Bertz CT molecular complexity index is 2920. The molecule has 0 aromatic heterocycles. The first-order valence-corrected chi connectivity index (χ1v) is 42.1. The minimum absolute atomic E-state index is 0.00530. The van der Waals surface area contributed by atoms with Crippen molar-refractivity contribution in [3.63, 3.8) is 0 Å². The Hall–Kier alpha value is -7.53. The van der Waals surface area contributed by atoms with Crippen LogP contribution in [0.4, 0.5) is 0 Å². The summed E-state index contributed by atoms with van der Waals surface area (Å²) in [6, 6.07) is -4.52. The molecule has 1 aromatic carbocycles. The maximum atomic E-state index is 14.1. The van der Waals surface area contributed by atoms with Gasteiger partial charge in [-0.25, -0.2) is 0 Å². The third kappa shape index (κ3) is 53.3. The predicted molar refractivity (Wildman–Crippen MR) is 425 cm³/mol. The van der Waals surface area contributed by atoms with E-state index in [9.17, 15) is 67.4 Å². The first-order valence-electron chi connectivity index (χ1n) is 39.6. The zero-order valence-electron chi connectivity index (χ0n) is 66.4. The van der Waals surface area contributed by atoms with Crippen LogP contribution in [-0.2, 0) is 107 Å². The molecule has 1 aromatic rings. The molecule has 644 valence electrons. The topological polar surface area (TPSA) is 540 Å². The van der Waals surface area contributed by atoms with E-state index < -0.39 is 146 Å². The molecule has 0 bridgehead atoms. The maximum absolute atomic E-state index is 14.1. The Balaban J connectivity index is 1.73. The molecule has 0 radical (unpaired) electrons. The molecule has 38 heteroatoms. The van der Waals surface area contributed by atoms with Crippen LogP contribution in [0.2, 0.25) is 0 Å². The summed E-state index contributed by atoms with van der Waals surface area (Å²) < 4.78 is 44.3. The van der Waals surface area contributed by atoms with Gasteiger partial charge in [-0.1, -0.05) is 138 Å². The number of ether oxygens (including phenoxy) is 8.